The molecular formula is C12H25N5. The molecule has 1 rings (SSSR count). The Bertz CT molecular complexity index is 342. The first-order valence-corrected chi connectivity index (χ1v) is 6.19. The van der Waals surface area contributed by atoms with E-state index in [1.165, 1.54) is 0 Å². The fourth-order valence-electron chi connectivity index (χ4n) is 1.62. The molecule has 5 heteroatoms. The first-order valence-electron chi connectivity index (χ1n) is 6.19. The lowest BCUT2D eigenvalue weighted by molar-refractivity contribution is 0.156. The summed E-state index contributed by atoms with van der Waals surface area (Å²) < 4.78 is 1.95. The highest BCUT2D eigenvalue weighted by molar-refractivity contribution is 4.97. The second kappa shape index (κ2) is 5.60. The molecule has 98 valence electrons. The highest BCUT2D eigenvalue weighted by atomic mass is 15.3. The standard InChI is InChI=1S/C12H25N5/c1-6-7-17-11(14-9-15-17)8-10(13)12(2,3)16(4)5/h9-10H,6-8,13H2,1-5H3. The van der Waals surface area contributed by atoms with Crippen molar-refractivity contribution >= 4 is 0 Å². The molecule has 0 radical (unpaired) electrons. The van der Waals surface area contributed by atoms with Crippen molar-refractivity contribution in [2.45, 2.75) is 51.7 Å². The van der Waals surface area contributed by atoms with Gasteiger partial charge in [-0.15, -0.1) is 0 Å². The molecule has 0 aliphatic rings. The highest BCUT2D eigenvalue weighted by Gasteiger charge is 2.29. The molecule has 2 N–H and O–H groups in total. The molecule has 1 aromatic rings. The summed E-state index contributed by atoms with van der Waals surface area (Å²) in [7, 11) is 4.10. The van der Waals surface area contributed by atoms with Gasteiger partial charge in [-0.3, -0.25) is 4.68 Å². The maximum Gasteiger partial charge on any atom is 0.138 e. The number of aryl methyl sites for hydroxylation is 1. The minimum atomic E-state index is -0.0526. The number of hydrogen-bond acceptors (Lipinski definition) is 4. The van der Waals surface area contributed by atoms with Crippen LogP contribution < -0.4 is 5.73 Å². The first kappa shape index (κ1) is 14.1. The van der Waals surface area contributed by atoms with Gasteiger partial charge in [-0.2, -0.15) is 5.10 Å². The van der Waals surface area contributed by atoms with Crippen LogP contribution in [0.5, 0.6) is 0 Å². The van der Waals surface area contributed by atoms with Crippen LogP contribution in [-0.2, 0) is 13.0 Å². The predicted molar refractivity (Wildman–Crippen MR) is 69.8 cm³/mol. The molecule has 0 fully saturated rings. The van der Waals surface area contributed by atoms with E-state index < -0.39 is 0 Å². The zero-order chi connectivity index (χ0) is 13.1. The van der Waals surface area contributed by atoms with Crippen molar-refractivity contribution in [1.82, 2.24) is 19.7 Å². The molecule has 5 nitrogen and oxygen atoms in total. The van der Waals surface area contributed by atoms with Crippen LogP contribution in [0.2, 0.25) is 0 Å². The molecule has 1 heterocycles. The Morgan fingerprint density at radius 2 is 2.12 bits per heavy atom. The number of nitrogens with zero attached hydrogens (tertiary/aromatic N) is 4. The molecule has 0 amide bonds. The molecule has 1 atom stereocenters. The molecular weight excluding hydrogens is 214 g/mol. The summed E-state index contributed by atoms with van der Waals surface area (Å²) in [5, 5.41) is 4.22. The van der Waals surface area contributed by atoms with Gasteiger partial charge in [-0.05, 0) is 34.4 Å². The maximum absolute atomic E-state index is 6.29. The van der Waals surface area contributed by atoms with E-state index in [0.717, 1.165) is 25.2 Å². The Labute approximate surface area is 104 Å². The van der Waals surface area contributed by atoms with Crippen molar-refractivity contribution in [3.05, 3.63) is 12.2 Å². The minimum Gasteiger partial charge on any atom is -0.326 e. The van der Waals surface area contributed by atoms with Gasteiger partial charge in [0.05, 0.1) is 0 Å². The summed E-state index contributed by atoms with van der Waals surface area (Å²) in [6, 6.07) is 0.0392. The summed E-state index contributed by atoms with van der Waals surface area (Å²) in [5.74, 6) is 0.981. The average Bonchev–Trinajstić information content (AvgIpc) is 2.66. The van der Waals surface area contributed by atoms with Gasteiger partial charge in [0.1, 0.15) is 12.2 Å². The lowest BCUT2D eigenvalue weighted by Crippen LogP contribution is -2.54. The van der Waals surface area contributed by atoms with E-state index in [9.17, 15) is 0 Å². The largest absolute Gasteiger partial charge is 0.326 e. The van der Waals surface area contributed by atoms with Crippen LogP contribution in [0, 0.1) is 0 Å². The molecule has 0 saturated heterocycles. The Hall–Kier alpha value is -0.940. The number of nitrogens with two attached hydrogens (primary N) is 1. The molecule has 0 aromatic carbocycles. The van der Waals surface area contributed by atoms with Crippen LogP contribution in [0.25, 0.3) is 0 Å². The van der Waals surface area contributed by atoms with Crippen LogP contribution in [0.15, 0.2) is 6.33 Å². The second-order valence-electron chi connectivity index (χ2n) is 5.26. The van der Waals surface area contributed by atoms with E-state index in [-0.39, 0.29) is 11.6 Å². The Kier molecular flexibility index (Phi) is 4.65. The quantitative estimate of drug-likeness (QED) is 0.801. The van der Waals surface area contributed by atoms with Gasteiger partial charge in [0, 0.05) is 24.5 Å². The van der Waals surface area contributed by atoms with Crippen molar-refractivity contribution in [1.29, 1.82) is 0 Å². The third-order valence-electron chi connectivity index (χ3n) is 3.59. The summed E-state index contributed by atoms with van der Waals surface area (Å²) in [4.78, 5) is 6.45. The van der Waals surface area contributed by atoms with E-state index in [1.807, 2.05) is 4.68 Å². The van der Waals surface area contributed by atoms with Gasteiger partial charge in [-0.1, -0.05) is 6.92 Å². The van der Waals surface area contributed by atoms with E-state index in [4.69, 9.17) is 5.73 Å². The van der Waals surface area contributed by atoms with Gasteiger partial charge >= 0.3 is 0 Å². The molecule has 0 aliphatic carbocycles. The molecule has 0 bridgehead atoms. The topological polar surface area (TPSA) is 60.0 Å². The van der Waals surface area contributed by atoms with Crippen LogP contribution in [0.4, 0.5) is 0 Å². The molecule has 0 saturated carbocycles. The maximum atomic E-state index is 6.29. The zero-order valence-corrected chi connectivity index (χ0v) is 11.6. The Morgan fingerprint density at radius 3 is 2.65 bits per heavy atom. The van der Waals surface area contributed by atoms with Crippen molar-refractivity contribution in [3.63, 3.8) is 0 Å². The SMILES string of the molecule is CCCn1ncnc1CC(N)C(C)(C)N(C)C. The zero-order valence-electron chi connectivity index (χ0n) is 11.6. The van der Waals surface area contributed by atoms with Gasteiger partial charge in [-0.25, -0.2) is 4.98 Å². The predicted octanol–water partition coefficient (Wildman–Crippen LogP) is 0.898. The van der Waals surface area contributed by atoms with E-state index in [2.05, 4.69) is 49.8 Å². The van der Waals surface area contributed by atoms with Gasteiger partial charge in [0.15, 0.2) is 0 Å². The first-order chi connectivity index (χ1) is 7.89. The Morgan fingerprint density at radius 1 is 1.47 bits per heavy atom. The van der Waals surface area contributed by atoms with Gasteiger partial charge in [0.25, 0.3) is 0 Å². The Balaban J connectivity index is 2.73. The number of rotatable bonds is 6. The summed E-state index contributed by atoms with van der Waals surface area (Å²) in [6.45, 7) is 7.34. The van der Waals surface area contributed by atoms with E-state index >= 15 is 0 Å². The smallest absolute Gasteiger partial charge is 0.138 e. The highest BCUT2D eigenvalue weighted by Crippen LogP contribution is 2.17. The third-order valence-corrected chi connectivity index (χ3v) is 3.59. The molecule has 1 aromatic heterocycles. The summed E-state index contributed by atoms with van der Waals surface area (Å²) in [6.07, 6.45) is 3.42. The lowest BCUT2D eigenvalue weighted by Gasteiger charge is -2.37. The van der Waals surface area contributed by atoms with Crippen LogP contribution >= 0.6 is 0 Å². The molecule has 0 aliphatic heterocycles. The fourth-order valence-corrected chi connectivity index (χ4v) is 1.62. The number of hydrogen-bond donors (Lipinski definition) is 1. The number of aromatic nitrogens is 3. The third kappa shape index (κ3) is 3.26. The second-order valence-corrected chi connectivity index (χ2v) is 5.26. The average molecular weight is 239 g/mol. The molecule has 1 unspecified atom stereocenters. The lowest BCUT2D eigenvalue weighted by atomic mass is 9.91. The van der Waals surface area contributed by atoms with Crippen LogP contribution in [-0.4, -0.2) is 45.3 Å². The van der Waals surface area contributed by atoms with Crippen molar-refractivity contribution in [3.8, 4) is 0 Å². The molecule has 17 heavy (non-hydrogen) atoms. The summed E-state index contributed by atoms with van der Waals surface area (Å²) >= 11 is 0. The summed E-state index contributed by atoms with van der Waals surface area (Å²) in [5.41, 5.74) is 6.23. The fraction of sp³-hybridized carbons (Fsp3) is 0.833. The van der Waals surface area contributed by atoms with E-state index in [0.29, 0.717) is 0 Å². The number of likely N-dealkylation sites (N-methyl/N-ethyl adjacent to an activating group) is 1. The van der Waals surface area contributed by atoms with Crippen LogP contribution in [0.1, 0.15) is 33.0 Å². The normalized spacial score (nSPS) is 14.3. The van der Waals surface area contributed by atoms with Crippen molar-refractivity contribution < 1.29 is 0 Å². The molecule has 0 spiro atoms. The monoisotopic (exact) mass is 239 g/mol. The van der Waals surface area contributed by atoms with Crippen molar-refractivity contribution in [2.24, 2.45) is 5.73 Å². The van der Waals surface area contributed by atoms with Gasteiger partial charge < -0.3 is 10.6 Å². The van der Waals surface area contributed by atoms with Gasteiger partial charge in [0.2, 0.25) is 0 Å². The minimum absolute atomic E-state index is 0.0392. The van der Waals surface area contributed by atoms with E-state index in [1.54, 1.807) is 6.33 Å². The van der Waals surface area contributed by atoms with Crippen molar-refractivity contribution in [2.75, 3.05) is 14.1 Å². The van der Waals surface area contributed by atoms with Crippen LogP contribution in [0.3, 0.4) is 0 Å².